The quantitative estimate of drug-likeness (QED) is 0.800. The smallest absolute Gasteiger partial charge is 0.234 e. The average molecular weight is 408 g/mol. The molecule has 19 heavy (non-hydrogen) atoms. The van der Waals surface area contributed by atoms with E-state index in [0.29, 0.717) is 11.0 Å². The Morgan fingerprint density at radius 3 is 2.84 bits per heavy atom. The molecule has 3 nitrogen and oxygen atoms in total. The average Bonchev–Trinajstić information content (AvgIpc) is 2.42. The van der Waals surface area contributed by atoms with E-state index >= 15 is 0 Å². The van der Waals surface area contributed by atoms with Gasteiger partial charge in [0.05, 0.1) is 11.4 Å². The Balaban J connectivity index is 1.81. The Labute approximate surface area is 134 Å². The fourth-order valence-corrected chi connectivity index (χ4v) is 3.67. The van der Waals surface area contributed by atoms with E-state index in [9.17, 15) is 4.79 Å². The highest BCUT2D eigenvalue weighted by Crippen LogP contribution is 2.27. The predicted molar refractivity (Wildman–Crippen MR) is 88.8 cm³/mol. The summed E-state index contributed by atoms with van der Waals surface area (Å²) in [6.07, 6.45) is 2.30. The van der Waals surface area contributed by atoms with Gasteiger partial charge in [0.1, 0.15) is 0 Å². The normalized spacial score (nSPS) is 16.3. The van der Waals surface area contributed by atoms with Gasteiger partial charge in [-0.25, -0.2) is 0 Å². The van der Waals surface area contributed by atoms with Crippen molar-refractivity contribution < 1.29 is 4.79 Å². The number of benzene rings is 1. The number of nitrogens with one attached hydrogen (secondary N) is 2. The molecular formula is C13H16Br2N2OS. The number of anilines is 1. The lowest BCUT2D eigenvalue weighted by Gasteiger charge is -2.21. The number of piperidine rings is 1. The van der Waals surface area contributed by atoms with Crippen LogP contribution < -0.4 is 10.6 Å². The summed E-state index contributed by atoms with van der Waals surface area (Å²) in [6.45, 7) is 2.13. The van der Waals surface area contributed by atoms with Crippen LogP contribution in [0.25, 0.3) is 0 Å². The predicted octanol–water partition coefficient (Wildman–Crippen LogP) is 3.64. The SMILES string of the molecule is O=C(CSC1CCNCC1)Nc1cc(Br)ccc1Br. The second-order valence-electron chi connectivity index (χ2n) is 4.43. The van der Waals surface area contributed by atoms with Crippen molar-refractivity contribution >= 4 is 55.2 Å². The molecule has 0 aromatic heterocycles. The fraction of sp³-hybridized carbons (Fsp3) is 0.462. The summed E-state index contributed by atoms with van der Waals surface area (Å²) in [6, 6.07) is 5.75. The van der Waals surface area contributed by atoms with E-state index in [4.69, 9.17) is 0 Å². The molecule has 1 aromatic rings. The molecular weight excluding hydrogens is 392 g/mol. The molecule has 2 rings (SSSR count). The lowest BCUT2D eigenvalue weighted by molar-refractivity contribution is -0.113. The molecule has 6 heteroatoms. The Kier molecular flexibility index (Phi) is 6.19. The van der Waals surface area contributed by atoms with Crippen molar-refractivity contribution in [2.75, 3.05) is 24.2 Å². The van der Waals surface area contributed by atoms with E-state index in [0.717, 1.165) is 40.6 Å². The first-order chi connectivity index (χ1) is 9.15. The van der Waals surface area contributed by atoms with Crippen LogP contribution in [0, 0.1) is 0 Å². The third kappa shape index (κ3) is 5.10. The summed E-state index contributed by atoms with van der Waals surface area (Å²) in [4.78, 5) is 11.9. The molecule has 1 heterocycles. The maximum atomic E-state index is 11.9. The fourth-order valence-electron chi connectivity index (χ4n) is 1.94. The maximum absolute atomic E-state index is 11.9. The van der Waals surface area contributed by atoms with Gasteiger partial charge < -0.3 is 10.6 Å². The lowest BCUT2D eigenvalue weighted by Crippen LogP contribution is -2.30. The van der Waals surface area contributed by atoms with Gasteiger partial charge in [0.2, 0.25) is 5.91 Å². The summed E-state index contributed by atoms with van der Waals surface area (Å²) in [5.74, 6) is 0.575. The minimum Gasteiger partial charge on any atom is -0.324 e. The van der Waals surface area contributed by atoms with Crippen LogP contribution in [0.15, 0.2) is 27.1 Å². The Bertz CT molecular complexity index is 450. The highest BCUT2D eigenvalue weighted by atomic mass is 79.9. The van der Waals surface area contributed by atoms with Gasteiger partial charge in [-0.3, -0.25) is 4.79 Å². The second-order valence-corrected chi connectivity index (χ2v) is 7.49. The van der Waals surface area contributed by atoms with Crippen molar-refractivity contribution in [2.45, 2.75) is 18.1 Å². The van der Waals surface area contributed by atoms with Gasteiger partial charge >= 0.3 is 0 Å². The highest BCUT2D eigenvalue weighted by Gasteiger charge is 2.15. The van der Waals surface area contributed by atoms with Crippen LogP contribution in [0.1, 0.15) is 12.8 Å². The Morgan fingerprint density at radius 1 is 1.37 bits per heavy atom. The lowest BCUT2D eigenvalue weighted by atomic mass is 10.2. The number of thioether (sulfide) groups is 1. The van der Waals surface area contributed by atoms with Crippen molar-refractivity contribution in [2.24, 2.45) is 0 Å². The monoisotopic (exact) mass is 406 g/mol. The molecule has 1 aliphatic rings. The zero-order valence-electron chi connectivity index (χ0n) is 10.4. The molecule has 0 bridgehead atoms. The van der Waals surface area contributed by atoms with E-state index in [2.05, 4.69) is 42.5 Å². The number of hydrogen-bond acceptors (Lipinski definition) is 3. The first kappa shape index (κ1) is 15.4. The van der Waals surface area contributed by atoms with Crippen molar-refractivity contribution in [1.82, 2.24) is 5.32 Å². The third-order valence-corrected chi connectivity index (χ3v) is 5.50. The molecule has 1 amide bonds. The molecule has 0 spiro atoms. The summed E-state index contributed by atoms with van der Waals surface area (Å²) in [5, 5.41) is 6.88. The van der Waals surface area contributed by atoms with Crippen molar-refractivity contribution in [3.63, 3.8) is 0 Å². The largest absolute Gasteiger partial charge is 0.324 e. The molecule has 1 fully saturated rings. The molecule has 0 unspecified atom stereocenters. The molecule has 0 saturated carbocycles. The number of amides is 1. The van der Waals surface area contributed by atoms with E-state index in [1.165, 1.54) is 0 Å². The highest BCUT2D eigenvalue weighted by molar-refractivity contribution is 9.11. The van der Waals surface area contributed by atoms with Gasteiger partial charge in [0.15, 0.2) is 0 Å². The van der Waals surface area contributed by atoms with Gasteiger partial charge in [0.25, 0.3) is 0 Å². The number of halogens is 2. The van der Waals surface area contributed by atoms with Crippen LogP contribution in [-0.2, 0) is 4.79 Å². The topological polar surface area (TPSA) is 41.1 Å². The second kappa shape index (κ2) is 7.67. The van der Waals surface area contributed by atoms with E-state index in [1.54, 1.807) is 11.8 Å². The van der Waals surface area contributed by atoms with E-state index < -0.39 is 0 Å². The molecule has 0 radical (unpaired) electrons. The van der Waals surface area contributed by atoms with Crippen LogP contribution >= 0.6 is 43.6 Å². The molecule has 1 aromatic carbocycles. The number of carbonyl (C=O) groups is 1. The summed E-state index contributed by atoms with van der Waals surface area (Å²) < 4.78 is 1.85. The molecule has 1 saturated heterocycles. The van der Waals surface area contributed by atoms with Gasteiger partial charge in [-0.2, -0.15) is 0 Å². The first-order valence-corrected chi connectivity index (χ1v) is 8.86. The van der Waals surface area contributed by atoms with E-state index in [1.807, 2.05) is 18.2 Å². The Morgan fingerprint density at radius 2 is 2.11 bits per heavy atom. The Hall–Kier alpha value is -0.0400. The number of hydrogen-bond donors (Lipinski definition) is 2. The molecule has 0 aliphatic carbocycles. The summed E-state index contributed by atoms with van der Waals surface area (Å²) >= 11 is 8.60. The van der Waals surface area contributed by atoms with Crippen LogP contribution in [0.3, 0.4) is 0 Å². The van der Waals surface area contributed by atoms with Crippen molar-refractivity contribution in [3.8, 4) is 0 Å². The number of rotatable bonds is 4. The number of carbonyl (C=O) groups excluding carboxylic acids is 1. The third-order valence-electron chi connectivity index (χ3n) is 2.94. The van der Waals surface area contributed by atoms with Gasteiger partial charge in [-0.15, -0.1) is 11.8 Å². The summed E-state index contributed by atoms with van der Waals surface area (Å²) in [7, 11) is 0. The minimum atomic E-state index is 0.0577. The summed E-state index contributed by atoms with van der Waals surface area (Å²) in [5.41, 5.74) is 0.810. The van der Waals surface area contributed by atoms with E-state index in [-0.39, 0.29) is 5.91 Å². The zero-order chi connectivity index (χ0) is 13.7. The van der Waals surface area contributed by atoms with Crippen LogP contribution in [0.2, 0.25) is 0 Å². The van der Waals surface area contributed by atoms with Gasteiger partial charge in [0, 0.05) is 14.2 Å². The minimum absolute atomic E-state index is 0.0577. The molecule has 1 aliphatic heterocycles. The molecule has 2 N–H and O–H groups in total. The van der Waals surface area contributed by atoms with Gasteiger partial charge in [-0.1, -0.05) is 15.9 Å². The van der Waals surface area contributed by atoms with Gasteiger partial charge in [-0.05, 0) is 60.1 Å². The standard InChI is InChI=1S/C13H16Br2N2OS/c14-9-1-2-11(15)12(7-9)17-13(18)8-19-10-3-5-16-6-4-10/h1-2,7,10,16H,3-6,8H2,(H,17,18). The van der Waals surface area contributed by atoms with Crippen LogP contribution in [-0.4, -0.2) is 30.0 Å². The molecule has 0 atom stereocenters. The van der Waals surface area contributed by atoms with Crippen molar-refractivity contribution in [3.05, 3.63) is 27.1 Å². The maximum Gasteiger partial charge on any atom is 0.234 e. The van der Waals surface area contributed by atoms with Crippen LogP contribution in [0.4, 0.5) is 5.69 Å². The zero-order valence-corrected chi connectivity index (χ0v) is 14.4. The van der Waals surface area contributed by atoms with Crippen molar-refractivity contribution in [1.29, 1.82) is 0 Å². The molecule has 104 valence electrons. The first-order valence-electron chi connectivity index (χ1n) is 6.22. The van der Waals surface area contributed by atoms with Crippen LogP contribution in [0.5, 0.6) is 0 Å².